The second-order valence-corrected chi connectivity index (χ2v) is 7.52. The number of amides is 2. The van der Waals surface area contributed by atoms with Gasteiger partial charge in [0, 0.05) is 11.1 Å². The van der Waals surface area contributed by atoms with Crippen LogP contribution in [0.1, 0.15) is 104 Å². The Morgan fingerprint density at radius 2 is 1.20 bits per heavy atom. The maximum absolute atomic E-state index is 11.6. The summed E-state index contributed by atoms with van der Waals surface area (Å²) in [6.07, 6.45) is 16.5. The topological polar surface area (TPSA) is 66.4 Å². The number of unbranched alkanes of at least 4 members (excludes halogenated alkanes) is 11. The van der Waals surface area contributed by atoms with Gasteiger partial charge in [0.05, 0.1) is 6.10 Å². The number of hydrogen-bond acceptors (Lipinski definition) is 3. The summed E-state index contributed by atoms with van der Waals surface area (Å²) in [6.45, 7) is 3.60. The second kappa shape index (κ2) is 13.1. The van der Waals surface area contributed by atoms with Crippen LogP contribution in [-0.4, -0.2) is 23.0 Å². The number of rotatable bonds is 15. The summed E-state index contributed by atoms with van der Waals surface area (Å²) in [7, 11) is 0. The largest absolute Gasteiger partial charge is 0.393 e. The van der Waals surface area contributed by atoms with Gasteiger partial charge in [0.2, 0.25) is 0 Å². The van der Waals surface area contributed by atoms with E-state index < -0.39 is 0 Å². The van der Waals surface area contributed by atoms with Crippen LogP contribution < -0.4 is 5.32 Å². The molecule has 1 heterocycles. The first-order valence-electron chi connectivity index (χ1n) is 10.3. The van der Waals surface area contributed by atoms with E-state index in [0.29, 0.717) is 11.1 Å². The summed E-state index contributed by atoms with van der Waals surface area (Å²) in [5.41, 5.74) is 1.30. The highest BCUT2D eigenvalue weighted by Crippen LogP contribution is 2.19. The van der Waals surface area contributed by atoms with Crippen molar-refractivity contribution in [3.8, 4) is 0 Å². The van der Waals surface area contributed by atoms with Gasteiger partial charge in [0.25, 0.3) is 11.8 Å². The summed E-state index contributed by atoms with van der Waals surface area (Å²) in [6, 6.07) is 0. The normalized spacial score (nSPS) is 15.8. The zero-order valence-corrected chi connectivity index (χ0v) is 16.2. The fourth-order valence-electron chi connectivity index (χ4n) is 3.39. The monoisotopic (exact) mass is 351 g/mol. The van der Waals surface area contributed by atoms with Crippen LogP contribution in [-0.2, 0) is 9.59 Å². The second-order valence-electron chi connectivity index (χ2n) is 7.52. The molecule has 0 aromatic carbocycles. The fraction of sp³-hybridized carbons (Fsp3) is 0.810. The van der Waals surface area contributed by atoms with Crippen molar-refractivity contribution in [3.05, 3.63) is 11.1 Å². The molecular weight excluding hydrogens is 314 g/mol. The number of hydrogen-bond donors (Lipinski definition) is 2. The summed E-state index contributed by atoms with van der Waals surface area (Å²) < 4.78 is 0. The molecule has 0 aliphatic carbocycles. The average Bonchev–Trinajstić information content (AvgIpc) is 2.80. The van der Waals surface area contributed by atoms with Crippen molar-refractivity contribution in [1.29, 1.82) is 0 Å². The van der Waals surface area contributed by atoms with Crippen molar-refractivity contribution in [2.45, 2.75) is 110 Å². The van der Waals surface area contributed by atoms with E-state index in [2.05, 4.69) is 5.32 Å². The maximum atomic E-state index is 11.6. The minimum Gasteiger partial charge on any atom is -0.393 e. The Labute approximate surface area is 153 Å². The third-order valence-electron chi connectivity index (χ3n) is 5.09. The van der Waals surface area contributed by atoms with Gasteiger partial charge < -0.3 is 5.11 Å². The van der Waals surface area contributed by atoms with Crippen LogP contribution in [0.2, 0.25) is 0 Å². The number of aliphatic hydroxyl groups excluding tert-OH is 1. The first-order valence-corrected chi connectivity index (χ1v) is 10.3. The molecule has 0 radical (unpaired) electrons. The zero-order valence-electron chi connectivity index (χ0n) is 16.2. The molecule has 1 atom stereocenters. The van der Waals surface area contributed by atoms with Gasteiger partial charge in [-0.25, -0.2) is 0 Å². The first-order chi connectivity index (χ1) is 12.0. The van der Waals surface area contributed by atoms with Crippen molar-refractivity contribution in [1.82, 2.24) is 5.32 Å². The number of carbonyl (C=O) groups excluding carboxylic acids is 2. The molecule has 0 aromatic heterocycles. The predicted molar refractivity (Wildman–Crippen MR) is 102 cm³/mol. The molecule has 0 saturated carbocycles. The highest BCUT2D eigenvalue weighted by Gasteiger charge is 2.25. The molecule has 0 bridgehead atoms. The highest BCUT2D eigenvalue weighted by atomic mass is 16.3. The van der Waals surface area contributed by atoms with Gasteiger partial charge in [-0.1, -0.05) is 70.6 Å². The third kappa shape index (κ3) is 9.78. The number of aliphatic hydroxyl groups is 1. The Bertz CT molecular complexity index is 440. The SMILES string of the molecule is CC1=C(CCCCCCCCCCCCCCC(C)O)C(=O)NC1=O. The van der Waals surface area contributed by atoms with Crippen LogP contribution in [0.25, 0.3) is 0 Å². The molecule has 25 heavy (non-hydrogen) atoms. The van der Waals surface area contributed by atoms with Crippen molar-refractivity contribution in [2.24, 2.45) is 0 Å². The Balaban J connectivity index is 1.84. The summed E-state index contributed by atoms with van der Waals surface area (Å²) >= 11 is 0. The van der Waals surface area contributed by atoms with Crippen LogP contribution in [0, 0.1) is 0 Å². The van der Waals surface area contributed by atoms with Crippen molar-refractivity contribution in [2.75, 3.05) is 0 Å². The molecule has 0 spiro atoms. The van der Waals surface area contributed by atoms with Gasteiger partial charge >= 0.3 is 0 Å². The molecule has 0 fully saturated rings. The minimum atomic E-state index is -0.219. The lowest BCUT2D eigenvalue weighted by Gasteiger charge is -2.05. The lowest BCUT2D eigenvalue weighted by Crippen LogP contribution is -2.22. The molecule has 1 unspecified atom stereocenters. The van der Waals surface area contributed by atoms with Crippen LogP contribution >= 0.6 is 0 Å². The van der Waals surface area contributed by atoms with E-state index in [4.69, 9.17) is 0 Å². The summed E-state index contributed by atoms with van der Waals surface area (Å²) in [5.74, 6) is -0.406. The number of imide groups is 1. The molecule has 2 N–H and O–H groups in total. The molecule has 1 aliphatic heterocycles. The average molecular weight is 352 g/mol. The molecular formula is C21H37NO3. The quantitative estimate of drug-likeness (QED) is 0.329. The number of carbonyl (C=O) groups is 2. The van der Waals surface area contributed by atoms with E-state index >= 15 is 0 Å². The lowest BCUT2D eigenvalue weighted by molar-refractivity contribution is -0.124. The van der Waals surface area contributed by atoms with E-state index in [1.54, 1.807) is 6.92 Å². The van der Waals surface area contributed by atoms with E-state index in [9.17, 15) is 14.7 Å². The smallest absolute Gasteiger partial charge is 0.254 e. The molecule has 4 heteroatoms. The van der Waals surface area contributed by atoms with Crippen molar-refractivity contribution in [3.63, 3.8) is 0 Å². The van der Waals surface area contributed by atoms with Gasteiger partial charge in [-0.2, -0.15) is 0 Å². The van der Waals surface area contributed by atoms with Crippen LogP contribution in [0.15, 0.2) is 11.1 Å². The van der Waals surface area contributed by atoms with Crippen molar-refractivity contribution >= 4 is 11.8 Å². The Kier molecular flexibility index (Phi) is 11.5. The van der Waals surface area contributed by atoms with Gasteiger partial charge in [-0.3, -0.25) is 14.9 Å². The molecule has 0 saturated heterocycles. The maximum Gasteiger partial charge on any atom is 0.254 e. The predicted octanol–water partition coefficient (Wildman–Crippen LogP) is 4.80. The van der Waals surface area contributed by atoms with Crippen LogP contribution in [0.4, 0.5) is 0 Å². The standard InChI is InChI=1S/C21H37NO3/c1-17(23)15-13-11-9-7-5-3-4-6-8-10-12-14-16-19-18(2)20(24)22-21(19)25/h17,23H,3-16H2,1-2H3,(H,22,24,25). The van der Waals surface area contributed by atoms with Gasteiger partial charge in [-0.15, -0.1) is 0 Å². The van der Waals surface area contributed by atoms with E-state index in [-0.39, 0.29) is 17.9 Å². The Hall–Kier alpha value is -1.16. The van der Waals surface area contributed by atoms with Crippen LogP contribution in [0.3, 0.4) is 0 Å². The van der Waals surface area contributed by atoms with Crippen molar-refractivity contribution < 1.29 is 14.7 Å². The molecule has 144 valence electrons. The van der Waals surface area contributed by atoms with E-state index in [0.717, 1.165) is 32.1 Å². The molecule has 1 aliphatic rings. The van der Waals surface area contributed by atoms with Gasteiger partial charge in [0.1, 0.15) is 0 Å². The van der Waals surface area contributed by atoms with Gasteiger partial charge in [0.15, 0.2) is 0 Å². The first kappa shape index (κ1) is 21.9. The molecule has 4 nitrogen and oxygen atoms in total. The highest BCUT2D eigenvalue weighted by molar-refractivity contribution is 6.19. The van der Waals surface area contributed by atoms with E-state index in [1.165, 1.54) is 57.8 Å². The molecule has 1 rings (SSSR count). The number of nitrogens with one attached hydrogen (secondary N) is 1. The fourth-order valence-corrected chi connectivity index (χ4v) is 3.39. The van der Waals surface area contributed by atoms with Crippen LogP contribution in [0.5, 0.6) is 0 Å². The third-order valence-corrected chi connectivity index (χ3v) is 5.09. The van der Waals surface area contributed by atoms with E-state index in [1.807, 2.05) is 6.92 Å². The molecule has 0 aromatic rings. The molecule has 2 amide bonds. The lowest BCUT2D eigenvalue weighted by atomic mass is 10.0. The summed E-state index contributed by atoms with van der Waals surface area (Å²) in [5, 5.41) is 11.5. The zero-order chi connectivity index (χ0) is 18.5. The Morgan fingerprint density at radius 3 is 1.60 bits per heavy atom. The van der Waals surface area contributed by atoms with Gasteiger partial charge in [-0.05, 0) is 33.1 Å². The summed E-state index contributed by atoms with van der Waals surface area (Å²) in [4.78, 5) is 22.9. The Morgan fingerprint density at radius 1 is 0.760 bits per heavy atom. The minimum absolute atomic E-state index is 0.140.